The Morgan fingerprint density at radius 2 is 2.15 bits per heavy atom. The van der Waals surface area contributed by atoms with Gasteiger partial charge in [-0.2, -0.15) is 0 Å². The predicted octanol–water partition coefficient (Wildman–Crippen LogP) is 1.46. The zero-order valence-corrected chi connectivity index (χ0v) is 12.4. The lowest BCUT2D eigenvalue weighted by Crippen LogP contribution is -2.56. The molecule has 1 amide bonds. The summed E-state index contributed by atoms with van der Waals surface area (Å²) in [6.45, 7) is 2.10. The highest BCUT2D eigenvalue weighted by Crippen LogP contribution is 2.31. The second-order valence-corrected chi connectivity index (χ2v) is 5.47. The van der Waals surface area contributed by atoms with E-state index in [0.29, 0.717) is 13.2 Å². The van der Waals surface area contributed by atoms with Gasteiger partial charge in [-0.25, -0.2) is 0 Å². The second kappa shape index (κ2) is 6.86. The van der Waals surface area contributed by atoms with E-state index in [2.05, 4.69) is 22.3 Å². The monoisotopic (exact) mass is 276 g/mol. The molecule has 20 heavy (non-hydrogen) atoms. The number of ether oxygens (including phenoxy) is 1. The SMILES string of the molecule is COCCNC(=O)[C@@]1(Cc2ccccc2)CCCN1C. The molecule has 0 radical (unpaired) electrons. The van der Waals surface area contributed by atoms with Crippen molar-refractivity contribution in [3.8, 4) is 0 Å². The van der Waals surface area contributed by atoms with Crippen LogP contribution < -0.4 is 5.32 Å². The zero-order chi connectivity index (χ0) is 14.4. The maximum absolute atomic E-state index is 12.6. The van der Waals surface area contributed by atoms with E-state index in [1.807, 2.05) is 25.2 Å². The van der Waals surface area contributed by atoms with Gasteiger partial charge in [0.05, 0.1) is 6.61 Å². The van der Waals surface area contributed by atoms with Gasteiger partial charge in [0.1, 0.15) is 5.54 Å². The van der Waals surface area contributed by atoms with Crippen molar-refractivity contribution >= 4 is 5.91 Å². The first-order valence-corrected chi connectivity index (χ1v) is 7.21. The van der Waals surface area contributed by atoms with Crippen molar-refractivity contribution < 1.29 is 9.53 Å². The molecule has 1 atom stereocenters. The van der Waals surface area contributed by atoms with Gasteiger partial charge in [0.15, 0.2) is 0 Å². The van der Waals surface area contributed by atoms with E-state index in [1.165, 1.54) is 5.56 Å². The molecule has 110 valence electrons. The lowest BCUT2D eigenvalue weighted by atomic mass is 9.87. The third kappa shape index (κ3) is 3.19. The van der Waals surface area contributed by atoms with Gasteiger partial charge >= 0.3 is 0 Å². The smallest absolute Gasteiger partial charge is 0.240 e. The van der Waals surface area contributed by atoms with Crippen molar-refractivity contribution in [2.45, 2.75) is 24.8 Å². The molecule has 1 aliphatic heterocycles. The molecule has 1 saturated heterocycles. The van der Waals surface area contributed by atoms with Gasteiger partial charge in [0.2, 0.25) is 5.91 Å². The number of benzene rings is 1. The number of amides is 1. The number of likely N-dealkylation sites (N-methyl/N-ethyl adjacent to an activating group) is 1. The highest BCUT2D eigenvalue weighted by molar-refractivity contribution is 5.87. The van der Waals surface area contributed by atoms with Crippen molar-refractivity contribution in [2.24, 2.45) is 0 Å². The van der Waals surface area contributed by atoms with Crippen LogP contribution >= 0.6 is 0 Å². The Hall–Kier alpha value is -1.39. The number of carbonyl (C=O) groups is 1. The van der Waals surface area contributed by atoms with Crippen LogP contribution in [0.3, 0.4) is 0 Å². The van der Waals surface area contributed by atoms with Crippen molar-refractivity contribution in [1.29, 1.82) is 0 Å². The second-order valence-electron chi connectivity index (χ2n) is 5.47. The van der Waals surface area contributed by atoms with Crippen LogP contribution in [-0.2, 0) is 16.0 Å². The molecule has 2 rings (SSSR count). The summed E-state index contributed by atoms with van der Waals surface area (Å²) < 4.78 is 5.00. The van der Waals surface area contributed by atoms with Crippen molar-refractivity contribution in [3.05, 3.63) is 35.9 Å². The number of hydrogen-bond acceptors (Lipinski definition) is 3. The summed E-state index contributed by atoms with van der Waals surface area (Å²) in [5.74, 6) is 0.124. The Bertz CT molecular complexity index is 435. The molecule has 1 aliphatic rings. The summed E-state index contributed by atoms with van der Waals surface area (Å²) in [7, 11) is 3.69. The van der Waals surface area contributed by atoms with Crippen LogP contribution in [0.1, 0.15) is 18.4 Å². The minimum atomic E-state index is -0.408. The van der Waals surface area contributed by atoms with E-state index < -0.39 is 5.54 Å². The fourth-order valence-corrected chi connectivity index (χ4v) is 2.97. The summed E-state index contributed by atoms with van der Waals surface area (Å²) >= 11 is 0. The number of hydrogen-bond donors (Lipinski definition) is 1. The van der Waals surface area contributed by atoms with Crippen LogP contribution in [0.5, 0.6) is 0 Å². The molecule has 1 aromatic carbocycles. The first-order chi connectivity index (χ1) is 9.69. The van der Waals surface area contributed by atoms with Gasteiger partial charge in [0.25, 0.3) is 0 Å². The molecule has 1 heterocycles. The van der Waals surface area contributed by atoms with Gasteiger partial charge in [-0.15, -0.1) is 0 Å². The topological polar surface area (TPSA) is 41.6 Å². The van der Waals surface area contributed by atoms with Gasteiger partial charge in [-0.05, 0) is 38.4 Å². The van der Waals surface area contributed by atoms with Crippen molar-refractivity contribution in [2.75, 3.05) is 33.9 Å². The third-order valence-electron chi connectivity index (χ3n) is 4.17. The molecule has 4 heteroatoms. The van der Waals surface area contributed by atoms with E-state index in [9.17, 15) is 4.79 Å². The van der Waals surface area contributed by atoms with Gasteiger partial charge in [-0.3, -0.25) is 9.69 Å². The number of carbonyl (C=O) groups excluding carboxylic acids is 1. The number of nitrogens with zero attached hydrogens (tertiary/aromatic N) is 1. The normalized spacial score (nSPS) is 22.9. The molecular formula is C16H24N2O2. The molecule has 0 spiro atoms. The van der Waals surface area contributed by atoms with Gasteiger partial charge in [-0.1, -0.05) is 30.3 Å². The molecule has 1 fully saturated rings. The number of methoxy groups -OCH3 is 1. The standard InChI is InChI=1S/C16H24N2O2/c1-18-11-6-9-16(18,15(19)17-10-12-20-2)13-14-7-4-3-5-8-14/h3-5,7-8H,6,9-13H2,1-2H3,(H,17,19)/t16-/m0/s1. The number of nitrogens with one attached hydrogen (secondary N) is 1. The molecule has 0 aromatic heterocycles. The Kier molecular flexibility index (Phi) is 5.15. The minimum absolute atomic E-state index is 0.124. The van der Waals surface area contributed by atoms with Crippen LogP contribution in [0, 0.1) is 0 Å². The predicted molar refractivity (Wildman–Crippen MR) is 79.6 cm³/mol. The first kappa shape index (κ1) is 15.0. The van der Waals surface area contributed by atoms with Gasteiger partial charge in [0, 0.05) is 13.7 Å². The number of likely N-dealkylation sites (tertiary alicyclic amines) is 1. The van der Waals surface area contributed by atoms with Gasteiger partial charge < -0.3 is 10.1 Å². The summed E-state index contributed by atoms with van der Waals surface area (Å²) in [6.07, 6.45) is 2.75. The Morgan fingerprint density at radius 1 is 1.40 bits per heavy atom. The molecule has 0 bridgehead atoms. The molecule has 0 unspecified atom stereocenters. The van der Waals surface area contributed by atoms with Crippen molar-refractivity contribution in [1.82, 2.24) is 10.2 Å². The Morgan fingerprint density at radius 3 is 2.75 bits per heavy atom. The highest BCUT2D eigenvalue weighted by atomic mass is 16.5. The fourth-order valence-electron chi connectivity index (χ4n) is 2.97. The van der Waals surface area contributed by atoms with Crippen LogP contribution in [0.2, 0.25) is 0 Å². The maximum atomic E-state index is 12.6. The van der Waals surface area contributed by atoms with E-state index in [0.717, 1.165) is 25.8 Å². The molecule has 4 nitrogen and oxygen atoms in total. The Balaban J connectivity index is 2.12. The van der Waals surface area contributed by atoms with E-state index >= 15 is 0 Å². The minimum Gasteiger partial charge on any atom is -0.383 e. The summed E-state index contributed by atoms with van der Waals surface area (Å²) in [5.41, 5.74) is 0.804. The molecule has 1 N–H and O–H groups in total. The van der Waals surface area contributed by atoms with E-state index in [4.69, 9.17) is 4.74 Å². The Labute approximate surface area is 121 Å². The lowest BCUT2D eigenvalue weighted by Gasteiger charge is -2.35. The van der Waals surface area contributed by atoms with E-state index in [-0.39, 0.29) is 5.91 Å². The third-order valence-corrected chi connectivity index (χ3v) is 4.17. The summed E-state index contributed by atoms with van der Waals surface area (Å²) in [5, 5.41) is 3.01. The molecule has 1 aromatic rings. The van der Waals surface area contributed by atoms with E-state index in [1.54, 1.807) is 7.11 Å². The molecule has 0 saturated carbocycles. The fraction of sp³-hybridized carbons (Fsp3) is 0.562. The van der Waals surface area contributed by atoms with Crippen LogP contribution in [0.25, 0.3) is 0 Å². The summed E-state index contributed by atoms with van der Waals surface area (Å²) in [4.78, 5) is 14.8. The first-order valence-electron chi connectivity index (χ1n) is 7.21. The van der Waals surface area contributed by atoms with Crippen molar-refractivity contribution in [3.63, 3.8) is 0 Å². The largest absolute Gasteiger partial charge is 0.383 e. The number of rotatable bonds is 6. The average molecular weight is 276 g/mol. The molecular weight excluding hydrogens is 252 g/mol. The molecule has 0 aliphatic carbocycles. The lowest BCUT2D eigenvalue weighted by molar-refractivity contribution is -0.131. The maximum Gasteiger partial charge on any atom is 0.240 e. The van der Waals surface area contributed by atoms with Crippen LogP contribution in [0.4, 0.5) is 0 Å². The average Bonchev–Trinajstić information content (AvgIpc) is 2.82. The quantitative estimate of drug-likeness (QED) is 0.800. The summed E-state index contributed by atoms with van der Waals surface area (Å²) in [6, 6.07) is 10.3. The zero-order valence-electron chi connectivity index (χ0n) is 12.4. The highest BCUT2D eigenvalue weighted by Gasteiger charge is 2.45. The van der Waals surface area contributed by atoms with Crippen LogP contribution in [0.15, 0.2) is 30.3 Å². The van der Waals surface area contributed by atoms with Crippen LogP contribution in [-0.4, -0.2) is 50.2 Å².